The first-order chi connectivity index (χ1) is 17.0. The molecule has 1 aliphatic carbocycles. The standard InChI is InChI=1S/C27H25FN4O2S/c1-18-3-2-4-23(13-18)35-32-11-9-20-14-24(31-22-7-5-21(28)6-8-22)19(16-29)15-27(20,17-32)25(33)26-30-10-12-34-26/h2-8,10,12-14,16H,9,11,15,17,29H2,1H3. The maximum atomic E-state index is 13.9. The zero-order chi connectivity index (χ0) is 24.4. The van der Waals surface area contributed by atoms with E-state index >= 15 is 0 Å². The lowest BCUT2D eigenvalue weighted by atomic mass is 9.65. The fourth-order valence-electron chi connectivity index (χ4n) is 4.66. The highest BCUT2D eigenvalue weighted by atomic mass is 32.2. The van der Waals surface area contributed by atoms with E-state index in [9.17, 15) is 9.18 Å². The quantitative estimate of drug-likeness (QED) is 0.369. The van der Waals surface area contributed by atoms with Gasteiger partial charge in [0.25, 0.3) is 5.89 Å². The normalized spacial score (nSPS) is 22.7. The van der Waals surface area contributed by atoms with E-state index in [1.165, 1.54) is 36.4 Å². The second-order valence-corrected chi connectivity index (χ2v) is 9.95. The van der Waals surface area contributed by atoms with Crippen LogP contribution in [0.15, 0.2) is 98.7 Å². The van der Waals surface area contributed by atoms with Gasteiger partial charge in [-0.1, -0.05) is 17.7 Å². The number of aryl methyl sites for hydroxylation is 1. The molecule has 2 heterocycles. The topological polar surface area (TPSA) is 84.7 Å². The molecule has 3 aromatic rings. The first-order valence-electron chi connectivity index (χ1n) is 11.4. The summed E-state index contributed by atoms with van der Waals surface area (Å²) in [5, 5.41) is 0. The van der Waals surface area contributed by atoms with Gasteiger partial charge in [-0.05, 0) is 91.5 Å². The highest BCUT2D eigenvalue weighted by molar-refractivity contribution is 7.97. The molecule has 1 fully saturated rings. The second kappa shape index (κ2) is 9.64. The summed E-state index contributed by atoms with van der Waals surface area (Å²) in [5.41, 5.74) is 9.40. The number of piperidine rings is 1. The fourth-order valence-corrected chi connectivity index (χ4v) is 5.80. The van der Waals surface area contributed by atoms with E-state index in [0.717, 1.165) is 22.6 Å². The van der Waals surface area contributed by atoms with Crippen LogP contribution >= 0.6 is 11.9 Å². The minimum Gasteiger partial charge on any atom is -0.442 e. The zero-order valence-electron chi connectivity index (χ0n) is 19.3. The number of benzene rings is 2. The minimum atomic E-state index is -0.868. The molecule has 1 aromatic heterocycles. The van der Waals surface area contributed by atoms with Crippen molar-refractivity contribution in [3.8, 4) is 0 Å². The van der Waals surface area contributed by atoms with Crippen molar-refractivity contribution in [2.75, 3.05) is 13.1 Å². The number of aromatic nitrogens is 1. The number of ketones is 1. The highest BCUT2D eigenvalue weighted by Crippen LogP contribution is 2.48. The van der Waals surface area contributed by atoms with Gasteiger partial charge in [-0.25, -0.2) is 18.7 Å². The lowest BCUT2D eigenvalue weighted by molar-refractivity contribution is 0.0743. The number of fused-ring (bicyclic) bond motifs is 1. The van der Waals surface area contributed by atoms with E-state index < -0.39 is 5.41 Å². The average Bonchev–Trinajstić information content (AvgIpc) is 3.40. The van der Waals surface area contributed by atoms with Crippen molar-refractivity contribution in [1.82, 2.24) is 9.29 Å². The molecule has 1 aliphatic heterocycles. The molecular weight excluding hydrogens is 463 g/mol. The van der Waals surface area contributed by atoms with Crippen LogP contribution in [0.3, 0.4) is 0 Å². The Morgan fingerprint density at radius 2 is 2.11 bits per heavy atom. The smallest absolute Gasteiger partial charge is 0.264 e. The van der Waals surface area contributed by atoms with Crippen LogP contribution in [0.4, 0.5) is 10.1 Å². The molecule has 178 valence electrons. The molecule has 1 atom stereocenters. The molecule has 2 N–H and O–H groups in total. The van der Waals surface area contributed by atoms with Crippen molar-refractivity contribution < 1.29 is 13.6 Å². The van der Waals surface area contributed by atoms with Gasteiger partial charge in [-0.3, -0.25) is 4.79 Å². The van der Waals surface area contributed by atoms with Crippen LogP contribution in [0.2, 0.25) is 0 Å². The van der Waals surface area contributed by atoms with Gasteiger partial charge in [0.2, 0.25) is 5.78 Å². The van der Waals surface area contributed by atoms with Gasteiger partial charge in [0.05, 0.1) is 23.0 Å². The first kappa shape index (κ1) is 23.3. The van der Waals surface area contributed by atoms with Gasteiger partial charge in [-0.15, -0.1) is 0 Å². The maximum absolute atomic E-state index is 13.9. The number of aliphatic imine (C=N–C) groups is 1. The van der Waals surface area contributed by atoms with E-state index in [-0.39, 0.29) is 17.5 Å². The number of halogens is 1. The molecule has 1 saturated heterocycles. The van der Waals surface area contributed by atoms with E-state index in [2.05, 4.69) is 34.4 Å². The van der Waals surface area contributed by atoms with E-state index in [4.69, 9.17) is 15.1 Å². The minimum absolute atomic E-state index is 0.0913. The van der Waals surface area contributed by atoms with Crippen molar-refractivity contribution in [2.45, 2.75) is 24.7 Å². The largest absolute Gasteiger partial charge is 0.442 e. The summed E-state index contributed by atoms with van der Waals surface area (Å²) in [5.74, 6) is -0.392. The molecule has 0 saturated carbocycles. The lowest BCUT2D eigenvalue weighted by Crippen LogP contribution is -2.49. The molecule has 2 aliphatic rings. The molecule has 0 spiro atoms. The number of hydrogen-bond donors (Lipinski definition) is 1. The summed E-state index contributed by atoms with van der Waals surface area (Å²) in [7, 11) is 0. The highest BCUT2D eigenvalue weighted by Gasteiger charge is 2.50. The second-order valence-electron chi connectivity index (χ2n) is 8.78. The van der Waals surface area contributed by atoms with Crippen LogP contribution < -0.4 is 5.73 Å². The van der Waals surface area contributed by atoms with E-state index in [1.54, 1.807) is 24.1 Å². The maximum Gasteiger partial charge on any atom is 0.264 e. The monoisotopic (exact) mass is 488 g/mol. The van der Waals surface area contributed by atoms with E-state index in [0.29, 0.717) is 30.8 Å². The van der Waals surface area contributed by atoms with Gasteiger partial charge >= 0.3 is 0 Å². The molecular formula is C27H25FN4O2S. The Kier molecular flexibility index (Phi) is 6.40. The number of nitrogens with zero attached hydrogens (tertiary/aromatic N) is 3. The molecule has 5 rings (SSSR count). The predicted octanol–water partition coefficient (Wildman–Crippen LogP) is 5.65. The summed E-state index contributed by atoms with van der Waals surface area (Å²) in [6, 6.07) is 14.3. The van der Waals surface area contributed by atoms with Gasteiger partial charge in [0.15, 0.2) is 0 Å². The van der Waals surface area contributed by atoms with Crippen molar-refractivity contribution in [3.63, 3.8) is 0 Å². The predicted molar refractivity (Wildman–Crippen MR) is 135 cm³/mol. The summed E-state index contributed by atoms with van der Waals surface area (Å²) in [4.78, 5) is 23.8. The van der Waals surface area contributed by atoms with Gasteiger partial charge in [0, 0.05) is 18.0 Å². The van der Waals surface area contributed by atoms with Crippen LogP contribution in [0.25, 0.3) is 0 Å². The SMILES string of the molecule is Cc1cccc(SN2CCC3=CC(=Nc4ccc(F)cc4)C(=CN)CC3(C(=O)c3ncco3)C2)c1. The lowest BCUT2D eigenvalue weighted by Gasteiger charge is -2.45. The van der Waals surface area contributed by atoms with Crippen molar-refractivity contribution >= 4 is 29.1 Å². The summed E-state index contributed by atoms with van der Waals surface area (Å²) >= 11 is 1.65. The van der Waals surface area contributed by atoms with Crippen LogP contribution in [0, 0.1) is 18.2 Å². The molecule has 8 heteroatoms. The molecule has 2 aromatic carbocycles. The number of carbonyl (C=O) groups is 1. The molecule has 0 radical (unpaired) electrons. The van der Waals surface area contributed by atoms with Gasteiger partial charge in [0.1, 0.15) is 12.1 Å². The molecule has 1 unspecified atom stereocenters. The van der Waals surface area contributed by atoms with Gasteiger partial charge in [-0.2, -0.15) is 0 Å². The third-order valence-electron chi connectivity index (χ3n) is 6.39. The van der Waals surface area contributed by atoms with E-state index in [1.807, 2.05) is 12.1 Å². The van der Waals surface area contributed by atoms with Crippen molar-refractivity contribution in [2.24, 2.45) is 16.1 Å². The summed E-state index contributed by atoms with van der Waals surface area (Å²) in [6.45, 7) is 3.33. The third-order valence-corrected chi connectivity index (χ3v) is 7.42. The van der Waals surface area contributed by atoms with Gasteiger partial charge < -0.3 is 10.2 Å². The molecule has 6 nitrogen and oxygen atoms in total. The number of carbonyl (C=O) groups excluding carboxylic acids is 1. The number of rotatable bonds is 5. The fraction of sp³-hybridized carbons (Fsp3) is 0.222. The Morgan fingerprint density at radius 1 is 1.29 bits per heavy atom. The summed E-state index contributed by atoms with van der Waals surface area (Å²) < 4.78 is 21.0. The summed E-state index contributed by atoms with van der Waals surface area (Å²) in [6.07, 6.45) is 7.43. The Labute approximate surface area is 207 Å². The van der Waals surface area contributed by atoms with Crippen LogP contribution in [-0.2, 0) is 0 Å². The molecule has 0 amide bonds. The molecule has 0 bridgehead atoms. The van der Waals surface area contributed by atoms with Crippen molar-refractivity contribution in [3.05, 3.63) is 102 Å². The number of Topliss-reactive ketones (excluding diaryl/α,β-unsaturated/α-hetero) is 1. The van der Waals surface area contributed by atoms with Crippen molar-refractivity contribution in [1.29, 1.82) is 0 Å². The number of oxazole rings is 1. The number of hydrogen-bond acceptors (Lipinski definition) is 7. The average molecular weight is 489 g/mol. The molecule has 35 heavy (non-hydrogen) atoms. The first-order valence-corrected chi connectivity index (χ1v) is 12.1. The Bertz CT molecular complexity index is 1330. The van der Waals surface area contributed by atoms with Crippen LogP contribution in [0.1, 0.15) is 29.1 Å². The Hall–Kier alpha value is -3.49. The Morgan fingerprint density at radius 3 is 2.83 bits per heavy atom. The Balaban J connectivity index is 1.54. The number of allylic oxidation sites excluding steroid dienone is 2. The number of nitrogens with two attached hydrogens (primary N) is 1. The van der Waals surface area contributed by atoms with Crippen LogP contribution in [-0.4, -0.2) is 33.9 Å². The third kappa shape index (κ3) is 4.72. The zero-order valence-corrected chi connectivity index (χ0v) is 20.1. The van der Waals surface area contributed by atoms with Crippen LogP contribution in [0.5, 0.6) is 0 Å².